The lowest BCUT2D eigenvalue weighted by atomic mass is 10.00. The Bertz CT molecular complexity index is 336. The smallest absolute Gasteiger partial charge is 0.253 e. The van der Waals surface area contributed by atoms with E-state index in [2.05, 4.69) is 24.9 Å². The number of amides is 1. The molecule has 0 aromatic carbocycles. The summed E-state index contributed by atoms with van der Waals surface area (Å²) in [6.07, 6.45) is 6.23. The fourth-order valence-corrected chi connectivity index (χ4v) is 2.19. The van der Waals surface area contributed by atoms with E-state index in [1.54, 1.807) is 0 Å². The molecule has 1 fully saturated rings. The third kappa shape index (κ3) is 2.53. The average molecular weight is 220 g/mol. The van der Waals surface area contributed by atoms with E-state index in [0.717, 1.165) is 44.6 Å². The maximum absolute atomic E-state index is 12.2. The van der Waals surface area contributed by atoms with E-state index in [0.29, 0.717) is 0 Å². The molecule has 0 N–H and O–H groups in total. The molecule has 0 bridgehead atoms. The van der Waals surface area contributed by atoms with Crippen LogP contribution in [0.4, 0.5) is 0 Å². The standard InChI is InChI=1S/C13H20N2O/c1-11-4-3-5-12(10-11)13(16)15-8-6-14(2)7-9-15/h5,10H,3-4,6-9H2,1-2H3. The highest BCUT2D eigenvalue weighted by Gasteiger charge is 2.21. The lowest BCUT2D eigenvalue weighted by Gasteiger charge is -2.33. The van der Waals surface area contributed by atoms with Gasteiger partial charge in [0.05, 0.1) is 0 Å². The van der Waals surface area contributed by atoms with Gasteiger partial charge in [-0.05, 0) is 26.8 Å². The number of rotatable bonds is 1. The van der Waals surface area contributed by atoms with Gasteiger partial charge in [0, 0.05) is 31.8 Å². The van der Waals surface area contributed by atoms with E-state index in [1.807, 2.05) is 11.0 Å². The molecular formula is C13H20N2O. The maximum atomic E-state index is 12.2. The van der Waals surface area contributed by atoms with Crippen molar-refractivity contribution in [1.29, 1.82) is 0 Å². The molecule has 3 nitrogen and oxygen atoms in total. The van der Waals surface area contributed by atoms with Crippen molar-refractivity contribution >= 4 is 5.91 Å². The van der Waals surface area contributed by atoms with Gasteiger partial charge in [0.15, 0.2) is 0 Å². The molecule has 0 aromatic rings. The molecule has 2 rings (SSSR count). The molecule has 1 heterocycles. The van der Waals surface area contributed by atoms with Crippen molar-refractivity contribution in [3.8, 4) is 0 Å². The molecule has 16 heavy (non-hydrogen) atoms. The monoisotopic (exact) mass is 220 g/mol. The van der Waals surface area contributed by atoms with Crippen LogP contribution in [0.2, 0.25) is 0 Å². The second-order valence-corrected chi connectivity index (χ2v) is 4.78. The van der Waals surface area contributed by atoms with Crippen LogP contribution in [0.25, 0.3) is 0 Å². The van der Waals surface area contributed by atoms with Crippen LogP contribution in [-0.2, 0) is 4.79 Å². The first-order chi connectivity index (χ1) is 7.66. The van der Waals surface area contributed by atoms with Crippen molar-refractivity contribution in [2.45, 2.75) is 19.8 Å². The molecule has 1 aliphatic heterocycles. The van der Waals surface area contributed by atoms with Gasteiger partial charge in [-0.3, -0.25) is 4.79 Å². The van der Waals surface area contributed by atoms with E-state index in [-0.39, 0.29) is 5.91 Å². The first kappa shape index (κ1) is 11.4. The van der Waals surface area contributed by atoms with Crippen LogP contribution < -0.4 is 0 Å². The van der Waals surface area contributed by atoms with Gasteiger partial charge in [0.25, 0.3) is 5.91 Å². The number of likely N-dealkylation sites (N-methyl/N-ethyl adjacent to an activating group) is 1. The minimum atomic E-state index is 0.215. The van der Waals surface area contributed by atoms with Crippen LogP contribution in [0, 0.1) is 0 Å². The number of nitrogens with zero attached hydrogens (tertiary/aromatic N) is 2. The summed E-state index contributed by atoms with van der Waals surface area (Å²) >= 11 is 0. The van der Waals surface area contributed by atoms with Crippen molar-refractivity contribution < 1.29 is 4.79 Å². The molecule has 88 valence electrons. The Morgan fingerprint density at radius 1 is 1.25 bits per heavy atom. The first-order valence-corrected chi connectivity index (χ1v) is 6.02. The van der Waals surface area contributed by atoms with Gasteiger partial charge in [-0.2, -0.15) is 0 Å². The molecule has 0 spiro atoms. The molecule has 1 aliphatic carbocycles. The third-order valence-corrected chi connectivity index (χ3v) is 3.34. The highest BCUT2D eigenvalue weighted by molar-refractivity contribution is 5.96. The number of piperazine rings is 1. The Labute approximate surface area is 97.4 Å². The Morgan fingerprint density at radius 3 is 2.56 bits per heavy atom. The van der Waals surface area contributed by atoms with Crippen molar-refractivity contribution in [1.82, 2.24) is 9.80 Å². The largest absolute Gasteiger partial charge is 0.336 e. The van der Waals surface area contributed by atoms with E-state index in [1.165, 1.54) is 5.57 Å². The molecule has 0 radical (unpaired) electrons. The summed E-state index contributed by atoms with van der Waals surface area (Å²) < 4.78 is 0. The molecule has 2 aliphatic rings. The Kier molecular flexibility index (Phi) is 3.44. The molecule has 3 heteroatoms. The predicted octanol–water partition coefficient (Wildman–Crippen LogP) is 1.43. The van der Waals surface area contributed by atoms with Crippen LogP contribution in [0.1, 0.15) is 19.8 Å². The van der Waals surface area contributed by atoms with Gasteiger partial charge < -0.3 is 9.80 Å². The summed E-state index contributed by atoms with van der Waals surface area (Å²) in [4.78, 5) is 16.4. The zero-order valence-electron chi connectivity index (χ0n) is 10.2. The topological polar surface area (TPSA) is 23.6 Å². The molecule has 0 atom stereocenters. The highest BCUT2D eigenvalue weighted by Crippen LogP contribution is 2.18. The quantitative estimate of drug-likeness (QED) is 0.667. The van der Waals surface area contributed by atoms with E-state index in [4.69, 9.17) is 0 Å². The molecular weight excluding hydrogens is 200 g/mol. The first-order valence-electron chi connectivity index (χ1n) is 6.02. The van der Waals surface area contributed by atoms with Crippen LogP contribution in [0.15, 0.2) is 23.3 Å². The van der Waals surface area contributed by atoms with Crippen molar-refractivity contribution in [2.75, 3.05) is 33.2 Å². The Balaban J connectivity index is 2.00. The maximum Gasteiger partial charge on any atom is 0.253 e. The summed E-state index contributed by atoms with van der Waals surface area (Å²) in [6, 6.07) is 0. The van der Waals surface area contributed by atoms with E-state index >= 15 is 0 Å². The van der Waals surface area contributed by atoms with Gasteiger partial charge >= 0.3 is 0 Å². The number of allylic oxidation sites excluding steroid dienone is 2. The lowest BCUT2D eigenvalue weighted by Crippen LogP contribution is -2.47. The van der Waals surface area contributed by atoms with Gasteiger partial charge in [-0.25, -0.2) is 0 Å². The molecule has 0 unspecified atom stereocenters. The molecule has 0 aromatic heterocycles. The zero-order chi connectivity index (χ0) is 11.5. The van der Waals surface area contributed by atoms with Crippen LogP contribution in [0.3, 0.4) is 0 Å². The molecule has 0 saturated carbocycles. The minimum absolute atomic E-state index is 0.215. The summed E-state index contributed by atoms with van der Waals surface area (Å²) in [5.41, 5.74) is 2.22. The average Bonchev–Trinajstić information content (AvgIpc) is 2.29. The summed E-state index contributed by atoms with van der Waals surface area (Å²) in [7, 11) is 2.10. The predicted molar refractivity (Wildman–Crippen MR) is 65.2 cm³/mol. The van der Waals surface area contributed by atoms with Gasteiger partial charge in [-0.15, -0.1) is 0 Å². The second kappa shape index (κ2) is 4.83. The Morgan fingerprint density at radius 2 is 1.94 bits per heavy atom. The summed E-state index contributed by atoms with van der Waals surface area (Å²) in [5, 5.41) is 0. The summed E-state index contributed by atoms with van der Waals surface area (Å²) in [6.45, 7) is 5.80. The van der Waals surface area contributed by atoms with Gasteiger partial charge in [0.2, 0.25) is 0 Å². The minimum Gasteiger partial charge on any atom is -0.336 e. The summed E-state index contributed by atoms with van der Waals surface area (Å²) in [5.74, 6) is 0.215. The second-order valence-electron chi connectivity index (χ2n) is 4.78. The van der Waals surface area contributed by atoms with Crippen LogP contribution in [0.5, 0.6) is 0 Å². The number of hydrogen-bond acceptors (Lipinski definition) is 2. The van der Waals surface area contributed by atoms with Crippen LogP contribution >= 0.6 is 0 Å². The zero-order valence-corrected chi connectivity index (χ0v) is 10.2. The van der Waals surface area contributed by atoms with Crippen molar-refractivity contribution in [3.05, 3.63) is 23.3 Å². The van der Waals surface area contributed by atoms with Crippen molar-refractivity contribution in [3.63, 3.8) is 0 Å². The number of carbonyl (C=O) groups is 1. The number of carbonyl (C=O) groups excluding carboxylic acids is 1. The van der Waals surface area contributed by atoms with Gasteiger partial charge in [-0.1, -0.05) is 17.7 Å². The van der Waals surface area contributed by atoms with E-state index in [9.17, 15) is 4.79 Å². The molecule has 1 saturated heterocycles. The lowest BCUT2D eigenvalue weighted by molar-refractivity contribution is -0.128. The number of hydrogen-bond donors (Lipinski definition) is 0. The van der Waals surface area contributed by atoms with E-state index < -0.39 is 0 Å². The fraction of sp³-hybridized carbons (Fsp3) is 0.615. The third-order valence-electron chi connectivity index (χ3n) is 3.34. The fourth-order valence-electron chi connectivity index (χ4n) is 2.19. The van der Waals surface area contributed by atoms with Crippen molar-refractivity contribution in [2.24, 2.45) is 0 Å². The SMILES string of the molecule is CC1=CC(C(=O)N2CCN(C)CC2)=CCC1. The Hall–Kier alpha value is -1.09. The normalized spacial score (nSPS) is 22.8. The molecule has 1 amide bonds. The van der Waals surface area contributed by atoms with Gasteiger partial charge in [0.1, 0.15) is 0 Å². The van der Waals surface area contributed by atoms with Crippen LogP contribution in [-0.4, -0.2) is 48.9 Å². The highest BCUT2D eigenvalue weighted by atomic mass is 16.2.